The quantitative estimate of drug-likeness (QED) is 0.580. The van der Waals surface area contributed by atoms with Crippen LogP contribution < -0.4 is 14.8 Å². The van der Waals surface area contributed by atoms with Crippen LogP contribution in [0.25, 0.3) is 0 Å². The van der Waals surface area contributed by atoms with Crippen LogP contribution in [-0.2, 0) is 10.0 Å². The van der Waals surface area contributed by atoms with E-state index in [9.17, 15) is 26.4 Å². The highest BCUT2D eigenvalue weighted by Gasteiger charge is 2.32. The van der Waals surface area contributed by atoms with Gasteiger partial charge in [-0.25, -0.2) is 8.42 Å². The number of ether oxygens (including phenoxy) is 1. The first-order valence-electron chi connectivity index (χ1n) is 7.96. The number of hydrogen-bond acceptors (Lipinski definition) is 5. The van der Waals surface area contributed by atoms with Crippen molar-refractivity contribution in [1.29, 1.82) is 0 Å². The van der Waals surface area contributed by atoms with Crippen molar-refractivity contribution in [2.24, 2.45) is 0 Å². The van der Waals surface area contributed by atoms with E-state index in [0.29, 0.717) is 0 Å². The number of para-hydroxylation sites is 2. The lowest BCUT2D eigenvalue weighted by molar-refractivity contribution is -0.274. The normalized spacial score (nSPS) is 11.7. The van der Waals surface area contributed by atoms with Gasteiger partial charge in [0.1, 0.15) is 4.21 Å². The van der Waals surface area contributed by atoms with Gasteiger partial charge in [0.2, 0.25) is 0 Å². The molecule has 0 unspecified atom stereocenters. The Balaban J connectivity index is 1.72. The largest absolute Gasteiger partial charge is 0.573 e. The number of nitrogens with one attached hydrogen (secondary N) is 2. The molecule has 0 spiro atoms. The number of amides is 1. The van der Waals surface area contributed by atoms with Crippen LogP contribution in [0.2, 0.25) is 0 Å². The molecule has 2 N–H and O–H groups in total. The second-order valence-corrected chi connectivity index (χ2v) is 8.47. The van der Waals surface area contributed by atoms with Gasteiger partial charge < -0.3 is 10.1 Å². The maximum atomic E-state index is 12.5. The topological polar surface area (TPSA) is 84.5 Å². The van der Waals surface area contributed by atoms with Crippen LogP contribution in [-0.4, -0.2) is 20.7 Å². The molecule has 0 aliphatic rings. The number of thiophene rings is 1. The Hall–Kier alpha value is -3.05. The van der Waals surface area contributed by atoms with Crippen LogP contribution in [0.15, 0.2) is 70.3 Å². The van der Waals surface area contributed by atoms with Crippen LogP contribution >= 0.6 is 11.3 Å². The number of benzene rings is 2. The number of halogens is 3. The lowest BCUT2D eigenvalue weighted by Gasteiger charge is -2.14. The van der Waals surface area contributed by atoms with E-state index in [1.54, 1.807) is 11.4 Å². The lowest BCUT2D eigenvalue weighted by Crippen LogP contribution is -2.19. The zero-order chi connectivity index (χ0) is 21.1. The maximum absolute atomic E-state index is 12.5. The molecule has 1 aromatic heterocycles. The summed E-state index contributed by atoms with van der Waals surface area (Å²) in [5.74, 6) is -1.23. The van der Waals surface area contributed by atoms with E-state index in [4.69, 9.17) is 0 Å². The number of anilines is 2. The minimum atomic E-state index is -4.90. The second kappa shape index (κ2) is 8.13. The van der Waals surface area contributed by atoms with Gasteiger partial charge in [0.15, 0.2) is 5.75 Å². The van der Waals surface area contributed by atoms with Crippen LogP contribution in [0, 0.1) is 0 Å². The highest BCUT2D eigenvalue weighted by molar-refractivity contribution is 7.94. The highest BCUT2D eigenvalue weighted by Crippen LogP contribution is 2.30. The molecule has 0 atom stereocenters. The number of sulfonamides is 1. The van der Waals surface area contributed by atoms with E-state index in [2.05, 4.69) is 14.8 Å². The summed E-state index contributed by atoms with van der Waals surface area (Å²) in [6.07, 6.45) is -4.90. The van der Waals surface area contributed by atoms with E-state index < -0.39 is 28.0 Å². The summed E-state index contributed by atoms with van der Waals surface area (Å²) in [6, 6.07) is 13.6. The Kier molecular flexibility index (Phi) is 5.80. The van der Waals surface area contributed by atoms with Crippen LogP contribution in [0.1, 0.15) is 10.4 Å². The Morgan fingerprint density at radius 3 is 2.28 bits per heavy atom. The number of hydrogen-bond donors (Lipinski definition) is 2. The first kappa shape index (κ1) is 20.7. The average molecular weight is 442 g/mol. The first-order chi connectivity index (χ1) is 13.6. The molecule has 11 heteroatoms. The first-order valence-corrected chi connectivity index (χ1v) is 10.3. The van der Waals surface area contributed by atoms with Crippen LogP contribution in [0.5, 0.6) is 5.75 Å². The number of carbonyl (C=O) groups excluding carboxylic acids is 1. The Morgan fingerprint density at radius 2 is 1.66 bits per heavy atom. The molecule has 152 valence electrons. The fourth-order valence-corrected chi connectivity index (χ4v) is 4.34. The van der Waals surface area contributed by atoms with E-state index in [1.807, 2.05) is 0 Å². The minimum absolute atomic E-state index is 0.117. The van der Waals surface area contributed by atoms with Crippen molar-refractivity contribution < 1.29 is 31.1 Å². The fourth-order valence-electron chi connectivity index (χ4n) is 2.29. The van der Waals surface area contributed by atoms with Crippen molar-refractivity contribution in [3.63, 3.8) is 0 Å². The molecule has 2 aromatic carbocycles. The molecule has 0 aliphatic heterocycles. The summed E-state index contributed by atoms with van der Waals surface area (Å²) in [6.45, 7) is 0. The lowest BCUT2D eigenvalue weighted by atomic mass is 10.2. The molecule has 1 amide bonds. The molecule has 0 radical (unpaired) electrons. The van der Waals surface area contributed by atoms with Crippen molar-refractivity contribution in [3.05, 3.63) is 71.6 Å². The van der Waals surface area contributed by atoms with E-state index >= 15 is 0 Å². The van der Waals surface area contributed by atoms with Crippen molar-refractivity contribution in [2.75, 3.05) is 10.0 Å². The monoisotopic (exact) mass is 442 g/mol. The van der Waals surface area contributed by atoms with Gasteiger partial charge in [0.05, 0.1) is 5.69 Å². The van der Waals surface area contributed by atoms with Gasteiger partial charge in [0, 0.05) is 11.3 Å². The summed E-state index contributed by atoms with van der Waals surface area (Å²) in [4.78, 5) is 12.3. The average Bonchev–Trinajstić information content (AvgIpc) is 3.18. The zero-order valence-electron chi connectivity index (χ0n) is 14.4. The molecule has 3 rings (SSSR count). The van der Waals surface area contributed by atoms with Gasteiger partial charge in [0.25, 0.3) is 15.9 Å². The number of rotatable bonds is 6. The Bertz CT molecular complexity index is 1100. The van der Waals surface area contributed by atoms with Gasteiger partial charge >= 0.3 is 6.36 Å². The number of alkyl halides is 3. The maximum Gasteiger partial charge on any atom is 0.573 e. The molecule has 0 aliphatic carbocycles. The second-order valence-electron chi connectivity index (χ2n) is 5.61. The fraction of sp³-hybridized carbons (Fsp3) is 0.0556. The molecule has 3 aromatic rings. The Morgan fingerprint density at radius 1 is 0.966 bits per heavy atom. The predicted octanol–water partition coefficient (Wildman–Crippen LogP) is 4.70. The van der Waals surface area contributed by atoms with E-state index in [1.165, 1.54) is 48.5 Å². The van der Waals surface area contributed by atoms with Gasteiger partial charge in [-0.2, -0.15) is 0 Å². The molecule has 0 fully saturated rings. The summed E-state index contributed by atoms with van der Waals surface area (Å²) >= 11 is 1.06. The zero-order valence-corrected chi connectivity index (χ0v) is 16.1. The van der Waals surface area contributed by atoms with Gasteiger partial charge in [-0.3, -0.25) is 9.52 Å². The standard InChI is InChI=1S/C18H13F3N2O4S2/c19-18(20,21)27-15-5-2-1-4-14(15)22-17(24)12-7-9-13(10-8-12)23-29(25,26)16-6-3-11-28-16/h1-11,23H,(H,22,24). The SMILES string of the molecule is O=C(Nc1ccccc1OC(F)(F)F)c1ccc(NS(=O)(=O)c2cccs2)cc1. The molecular formula is C18H13F3N2O4S2. The molecule has 0 saturated heterocycles. The third-order valence-electron chi connectivity index (χ3n) is 3.52. The molecular weight excluding hydrogens is 429 g/mol. The molecule has 0 saturated carbocycles. The molecule has 29 heavy (non-hydrogen) atoms. The van der Waals surface area contributed by atoms with Crippen molar-refractivity contribution in [3.8, 4) is 5.75 Å². The molecule has 0 bridgehead atoms. The third-order valence-corrected chi connectivity index (χ3v) is 6.30. The third kappa shape index (κ3) is 5.48. The summed E-state index contributed by atoms with van der Waals surface area (Å²) < 4.78 is 68.2. The smallest absolute Gasteiger partial charge is 0.404 e. The summed E-state index contributed by atoms with van der Waals surface area (Å²) in [7, 11) is -3.73. The van der Waals surface area contributed by atoms with Crippen molar-refractivity contribution in [2.45, 2.75) is 10.6 Å². The van der Waals surface area contributed by atoms with Gasteiger partial charge in [-0.05, 0) is 47.8 Å². The van der Waals surface area contributed by atoms with Gasteiger partial charge in [-0.1, -0.05) is 18.2 Å². The van der Waals surface area contributed by atoms with Crippen LogP contribution in [0.4, 0.5) is 24.5 Å². The van der Waals surface area contributed by atoms with E-state index in [-0.39, 0.29) is 21.1 Å². The van der Waals surface area contributed by atoms with Crippen molar-refractivity contribution in [1.82, 2.24) is 0 Å². The summed E-state index contributed by atoms with van der Waals surface area (Å²) in [5, 5.41) is 3.97. The highest BCUT2D eigenvalue weighted by atomic mass is 32.2. The Labute approximate surface area is 168 Å². The minimum Gasteiger partial charge on any atom is -0.404 e. The molecule has 6 nitrogen and oxygen atoms in total. The molecule has 1 heterocycles. The van der Waals surface area contributed by atoms with Crippen LogP contribution in [0.3, 0.4) is 0 Å². The van der Waals surface area contributed by atoms with E-state index in [0.717, 1.165) is 17.4 Å². The summed E-state index contributed by atoms with van der Waals surface area (Å²) in [5.41, 5.74) is 0.193. The predicted molar refractivity (Wildman–Crippen MR) is 103 cm³/mol. The van der Waals surface area contributed by atoms with Gasteiger partial charge in [-0.15, -0.1) is 24.5 Å². The number of carbonyl (C=O) groups is 1. The van der Waals surface area contributed by atoms with Crippen molar-refractivity contribution >= 4 is 38.6 Å².